The predicted molar refractivity (Wildman–Crippen MR) is 107 cm³/mol. The SMILES string of the molecule is CCC(=O)Nc1ccc(C(=O)COC(=O)CCN2C(=O)[C@@H]3CC=CC[C@H]3C2=O)cc1. The number of rotatable bonds is 8. The van der Waals surface area contributed by atoms with Gasteiger partial charge in [-0.3, -0.25) is 28.9 Å². The number of hydrogen-bond donors (Lipinski definition) is 1. The van der Waals surface area contributed by atoms with E-state index in [0.717, 1.165) is 4.90 Å². The second-order valence-corrected chi connectivity index (χ2v) is 7.30. The van der Waals surface area contributed by atoms with Crippen molar-refractivity contribution in [2.24, 2.45) is 11.8 Å². The third kappa shape index (κ3) is 4.82. The van der Waals surface area contributed by atoms with Gasteiger partial charge in [0, 0.05) is 24.2 Å². The molecule has 0 saturated carbocycles. The van der Waals surface area contributed by atoms with Crippen LogP contribution in [0.2, 0.25) is 0 Å². The van der Waals surface area contributed by atoms with Gasteiger partial charge in [0.05, 0.1) is 18.3 Å². The number of ketones is 1. The number of carbonyl (C=O) groups excluding carboxylic acids is 5. The molecule has 0 radical (unpaired) electrons. The highest BCUT2D eigenvalue weighted by Gasteiger charge is 2.46. The third-order valence-electron chi connectivity index (χ3n) is 5.31. The van der Waals surface area contributed by atoms with Crippen LogP contribution in [0.1, 0.15) is 43.0 Å². The summed E-state index contributed by atoms with van der Waals surface area (Å²) in [6, 6.07) is 6.28. The monoisotopic (exact) mass is 412 g/mol. The molecule has 1 aliphatic carbocycles. The number of allylic oxidation sites excluding steroid dienone is 2. The fraction of sp³-hybridized carbons (Fsp3) is 0.409. The van der Waals surface area contributed by atoms with Gasteiger partial charge in [0.25, 0.3) is 0 Å². The highest BCUT2D eigenvalue weighted by Crippen LogP contribution is 2.35. The van der Waals surface area contributed by atoms with E-state index in [1.807, 2.05) is 12.2 Å². The molecule has 0 spiro atoms. The quantitative estimate of drug-likeness (QED) is 0.303. The Kier molecular flexibility index (Phi) is 6.76. The van der Waals surface area contributed by atoms with Crippen LogP contribution in [0.5, 0.6) is 0 Å². The molecule has 1 heterocycles. The van der Waals surface area contributed by atoms with E-state index in [1.165, 1.54) is 0 Å². The molecule has 2 atom stereocenters. The summed E-state index contributed by atoms with van der Waals surface area (Å²) in [7, 11) is 0. The predicted octanol–water partition coefficient (Wildman–Crippen LogP) is 2.10. The number of esters is 1. The van der Waals surface area contributed by atoms with Gasteiger partial charge in [-0.2, -0.15) is 0 Å². The van der Waals surface area contributed by atoms with Gasteiger partial charge in [-0.25, -0.2) is 0 Å². The first-order valence-electron chi connectivity index (χ1n) is 9.99. The topological polar surface area (TPSA) is 110 Å². The molecule has 2 aliphatic rings. The largest absolute Gasteiger partial charge is 0.457 e. The van der Waals surface area contributed by atoms with Gasteiger partial charge in [-0.05, 0) is 37.1 Å². The van der Waals surface area contributed by atoms with E-state index in [-0.39, 0.29) is 48.3 Å². The van der Waals surface area contributed by atoms with E-state index >= 15 is 0 Å². The van der Waals surface area contributed by atoms with Gasteiger partial charge in [0.1, 0.15) is 0 Å². The van der Waals surface area contributed by atoms with Crippen molar-refractivity contribution in [1.29, 1.82) is 0 Å². The number of nitrogens with zero attached hydrogens (tertiary/aromatic N) is 1. The Labute approximate surface area is 174 Å². The first kappa shape index (κ1) is 21.4. The zero-order valence-corrected chi connectivity index (χ0v) is 16.8. The summed E-state index contributed by atoms with van der Waals surface area (Å²) in [5.41, 5.74) is 0.921. The lowest BCUT2D eigenvalue weighted by Gasteiger charge is -2.14. The van der Waals surface area contributed by atoms with E-state index in [1.54, 1.807) is 31.2 Å². The molecule has 8 nitrogen and oxygen atoms in total. The van der Waals surface area contributed by atoms with Crippen molar-refractivity contribution >= 4 is 35.2 Å². The Balaban J connectivity index is 1.44. The summed E-state index contributed by atoms with van der Waals surface area (Å²) in [6.45, 7) is 1.27. The molecule has 3 rings (SSSR count). The van der Waals surface area contributed by atoms with Gasteiger partial charge >= 0.3 is 5.97 Å². The summed E-state index contributed by atoms with van der Waals surface area (Å²) in [4.78, 5) is 61.4. The number of hydrogen-bond acceptors (Lipinski definition) is 6. The van der Waals surface area contributed by atoms with Crippen molar-refractivity contribution in [2.75, 3.05) is 18.5 Å². The maximum Gasteiger partial charge on any atom is 0.308 e. The number of carbonyl (C=O) groups is 5. The number of Topliss-reactive ketones (excluding diaryl/α,β-unsaturated/α-hetero) is 1. The number of benzene rings is 1. The van der Waals surface area contributed by atoms with Crippen molar-refractivity contribution in [2.45, 2.75) is 32.6 Å². The average Bonchev–Trinajstić information content (AvgIpc) is 3.01. The highest BCUT2D eigenvalue weighted by molar-refractivity contribution is 6.05. The van der Waals surface area contributed by atoms with Gasteiger partial charge in [-0.1, -0.05) is 19.1 Å². The lowest BCUT2D eigenvalue weighted by atomic mass is 9.85. The van der Waals surface area contributed by atoms with Crippen LogP contribution >= 0.6 is 0 Å². The maximum atomic E-state index is 12.4. The molecule has 1 aromatic carbocycles. The van der Waals surface area contributed by atoms with Crippen LogP contribution in [0.15, 0.2) is 36.4 Å². The van der Waals surface area contributed by atoms with Gasteiger partial charge < -0.3 is 10.1 Å². The average molecular weight is 412 g/mol. The minimum atomic E-state index is -0.649. The van der Waals surface area contributed by atoms with E-state index in [9.17, 15) is 24.0 Å². The second-order valence-electron chi connectivity index (χ2n) is 7.30. The zero-order valence-electron chi connectivity index (χ0n) is 16.8. The summed E-state index contributed by atoms with van der Waals surface area (Å²) in [5, 5.41) is 2.68. The van der Waals surface area contributed by atoms with Gasteiger partial charge in [-0.15, -0.1) is 0 Å². The highest BCUT2D eigenvalue weighted by atomic mass is 16.5. The van der Waals surface area contributed by atoms with E-state index in [0.29, 0.717) is 30.5 Å². The Morgan fingerprint density at radius 2 is 1.63 bits per heavy atom. The first-order chi connectivity index (χ1) is 14.4. The summed E-state index contributed by atoms with van der Waals surface area (Å²) in [6.07, 6.45) is 5.10. The molecule has 0 unspecified atom stereocenters. The van der Waals surface area contributed by atoms with Crippen molar-refractivity contribution in [3.8, 4) is 0 Å². The van der Waals surface area contributed by atoms with Crippen LogP contribution in [0, 0.1) is 11.8 Å². The van der Waals surface area contributed by atoms with Crippen molar-refractivity contribution in [3.05, 3.63) is 42.0 Å². The number of anilines is 1. The number of imide groups is 1. The number of amides is 3. The molecule has 8 heteroatoms. The van der Waals surface area contributed by atoms with Crippen LogP contribution in [-0.4, -0.2) is 47.5 Å². The molecule has 1 aromatic rings. The molecule has 0 bridgehead atoms. The van der Waals surface area contributed by atoms with Crippen LogP contribution in [0.4, 0.5) is 5.69 Å². The Hall–Kier alpha value is -3.29. The zero-order chi connectivity index (χ0) is 21.7. The molecule has 0 aromatic heterocycles. The normalized spacial score (nSPS) is 20.1. The molecule has 158 valence electrons. The van der Waals surface area contributed by atoms with Gasteiger partial charge in [0.2, 0.25) is 17.7 Å². The minimum absolute atomic E-state index is 0.0382. The van der Waals surface area contributed by atoms with Gasteiger partial charge in [0.15, 0.2) is 12.4 Å². The van der Waals surface area contributed by atoms with Crippen molar-refractivity contribution in [3.63, 3.8) is 0 Å². The second kappa shape index (κ2) is 9.47. The van der Waals surface area contributed by atoms with Crippen molar-refractivity contribution < 1.29 is 28.7 Å². The lowest BCUT2D eigenvalue weighted by molar-refractivity contribution is -0.145. The first-order valence-corrected chi connectivity index (χ1v) is 9.99. The summed E-state index contributed by atoms with van der Waals surface area (Å²) in [5.74, 6) is -2.31. The molecule has 30 heavy (non-hydrogen) atoms. The molecular formula is C22H24N2O6. The number of nitrogens with one attached hydrogen (secondary N) is 1. The van der Waals surface area contributed by atoms with Crippen LogP contribution in [0.3, 0.4) is 0 Å². The number of ether oxygens (including phenoxy) is 1. The molecule has 1 N–H and O–H groups in total. The van der Waals surface area contributed by atoms with Crippen LogP contribution < -0.4 is 5.32 Å². The van der Waals surface area contributed by atoms with Crippen LogP contribution in [0.25, 0.3) is 0 Å². The molecule has 1 saturated heterocycles. The molecule has 1 fully saturated rings. The minimum Gasteiger partial charge on any atom is -0.457 e. The summed E-state index contributed by atoms with van der Waals surface area (Å²) >= 11 is 0. The van der Waals surface area contributed by atoms with E-state index < -0.39 is 12.6 Å². The Morgan fingerprint density at radius 1 is 1.03 bits per heavy atom. The lowest BCUT2D eigenvalue weighted by Crippen LogP contribution is -2.33. The molecule has 3 amide bonds. The van der Waals surface area contributed by atoms with Crippen molar-refractivity contribution in [1.82, 2.24) is 4.90 Å². The summed E-state index contributed by atoms with van der Waals surface area (Å²) < 4.78 is 5.00. The maximum absolute atomic E-state index is 12.4. The number of fused-ring (bicyclic) bond motifs is 1. The molecular weight excluding hydrogens is 388 g/mol. The standard InChI is InChI=1S/C22H24N2O6/c1-2-19(26)23-15-9-7-14(8-10-15)18(25)13-30-20(27)11-12-24-21(28)16-5-3-4-6-17(16)22(24)29/h3-4,7-10,16-17H,2,5-6,11-13H2,1H3,(H,23,26)/t16-,17-/m1/s1. The fourth-order valence-electron chi connectivity index (χ4n) is 3.58. The van der Waals surface area contributed by atoms with Crippen LogP contribution in [-0.2, 0) is 23.9 Å². The third-order valence-corrected chi connectivity index (χ3v) is 5.31. The Bertz CT molecular complexity index is 863. The number of likely N-dealkylation sites (tertiary alicyclic amines) is 1. The van der Waals surface area contributed by atoms with E-state index in [4.69, 9.17) is 4.74 Å². The Morgan fingerprint density at radius 3 is 2.20 bits per heavy atom. The fourth-order valence-corrected chi connectivity index (χ4v) is 3.58. The van der Waals surface area contributed by atoms with E-state index in [2.05, 4.69) is 5.32 Å². The molecule has 1 aliphatic heterocycles. The smallest absolute Gasteiger partial charge is 0.308 e.